The third-order valence-corrected chi connectivity index (χ3v) is 5.84. The number of hydrogen-bond donors (Lipinski definition) is 0. The van der Waals surface area contributed by atoms with Crippen molar-refractivity contribution in [2.45, 2.75) is 26.2 Å². The Hall–Kier alpha value is -2.34. The zero-order chi connectivity index (χ0) is 19.5. The van der Waals surface area contributed by atoms with Gasteiger partial charge in [-0.2, -0.15) is 4.98 Å². The maximum Gasteiger partial charge on any atom is 0.227 e. The summed E-state index contributed by atoms with van der Waals surface area (Å²) >= 11 is 6.19. The van der Waals surface area contributed by atoms with Crippen molar-refractivity contribution in [2.24, 2.45) is 0 Å². The standard InChI is InChI=1S/C21H26ClN5O/c1-16-14-19(25-8-4-5-9-25)24-21(23-16)27-12-10-26(11-13-27)20(28)15-17-6-2-3-7-18(17)22/h2-3,6-7,14H,4-5,8-13,15H2,1H3. The van der Waals surface area contributed by atoms with Crippen molar-refractivity contribution in [3.8, 4) is 0 Å². The molecule has 2 aromatic rings. The Morgan fingerprint density at radius 2 is 1.71 bits per heavy atom. The minimum Gasteiger partial charge on any atom is -0.356 e. The molecule has 1 aromatic heterocycles. The number of carbonyl (C=O) groups is 1. The highest BCUT2D eigenvalue weighted by molar-refractivity contribution is 6.31. The lowest BCUT2D eigenvalue weighted by Gasteiger charge is -2.35. The number of anilines is 2. The van der Waals surface area contributed by atoms with Crippen molar-refractivity contribution in [1.29, 1.82) is 0 Å². The SMILES string of the molecule is Cc1cc(N2CCCC2)nc(N2CCN(C(=O)Cc3ccccc3Cl)CC2)n1. The van der Waals surface area contributed by atoms with Crippen LogP contribution in [-0.4, -0.2) is 60.0 Å². The molecule has 1 amide bonds. The molecule has 148 valence electrons. The molecule has 2 fully saturated rings. The van der Waals surface area contributed by atoms with Crippen molar-refractivity contribution < 1.29 is 4.79 Å². The van der Waals surface area contributed by atoms with Crippen molar-refractivity contribution in [3.63, 3.8) is 0 Å². The molecule has 0 atom stereocenters. The first-order valence-electron chi connectivity index (χ1n) is 9.97. The number of hydrogen-bond acceptors (Lipinski definition) is 5. The molecule has 0 unspecified atom stereocenters. The number of aromatic nitrogens is 2. The number of nitrogens with zero attached hydrogens (tertiary/aromatic N) is 5. The van der Waals surface area contributed by atoms with Gasteiger partial charge in [-0.05, 0) is 31.4 Å². The van der Waals surface area contributed by atoms with Crippen molar-refractivity contribution in [1.82, 2.24) is 14.9 Å². The fourth-order valence-electron chi connectivity index (χ4n) is 3.86. The lowest BCUT2D eigenvalue weighted by atomic mass is 10.1. The highest BCUT2D eigenvalue weighted by Gasteiger charge is 2.24. The molecule has 2 saturated heterocycles. The highest BCUT2D eigenvalue weighted by atomic mass is 35.5. The minimum absolute atomic E-state index is 0.121. The number of amides is 1. The Bertz CT molecular complexity index is 844. The molecular formula is C21H26ClN5O. The van der Waals surface area contributed by atoms with Gasteiger partial charge in [0.25, 0.3) is 0 Å². The van der Waals surface area contributed by atoms with Gasteiger partial charge in [0.15, 0.2) is 0 Å². The van der Waals surface area contributed by atoms with E-state index in [0.29, 0.717) is 24.5 Å². The van der Waals surface area contributed by atoms with Crippen LogP contribution in [0, 0.1) is 6.92 Å². The smallest absolute Gasteiger partial charge is 0.227 e. The van der Waals surface area contributed by atoms with Gasteiger partial charge in [0.05, 0.1) is 6.42 Å². The fraction of sp³-hybridized carbons (Fsp3) is 0.476. The van der Waals surface area contributed by atoms with E-state index in [1.165, 1.54) is 12.8 Å². The van der Waals surface area contributed by atoms with E-state index in [2.05, 4.69) is 20.9 Å². The van der Waals surface area contributed by atoms with E-state index in [4.69, 9.17) is 16.6 Å². The summed E-state index contributed by atoms with van der Waals surface area (Å²) in [6.45, 7) is 7.02. The summed E-state index contributed by atoms with van der Waals surface area (Å²) in [5.74, 6) is 1.92. The van der Waals surface area contributed by atoms with Gasteiger partial charge in [0.2, 0.25) is 11.9 Å². The average Bonchev–Trinajstić information content (AvgIpc) is 3.24. The predicted molar refractivity (Wildman–Crippen MR) is 112 cm³/mol. The summed E-state index contributed by atoms with van der Waals surface area (Å²) in [5.41, 5.74) is 1.87. The van der Waals surface area contributed by atoms with Crippen molar-refractivity contribution in [2.75, 3.05) is 49.1 Å². The Labute approximate surface area is 171 Å². The number of rotatable bonds is 4. The average molecular weight is 400 g/mol. The van der Waals surface area contributed by atoms with Crippen LogP contribution < -0.4 is 9.80 Å². The Morgan fingerprint density at radius 1 is 1.00 bits per heavy atom. The van der Waals surface area contributed by atoms with Crippen LogP contribution in [0.4, 0.5) is 11.8 Å². The number of carbonyl (C=O) groups excluding carboxylic acids is 1. The number of piperazine rings is 1. The third-order valence-electron chi connectivity index (χ3n) is 5.47. The van der Waals surface area contributed by atoms with Gasteiger partial charge in [0, 0.05) is 56.1 Å². The van der Waals surface area contributed by atoms with Crippen LogP contribution in [0.25, 0.3) is 0 Å². The topological polar surface area (TPSA) is 52.6 Å². The molecule has 0 aliphatic carbocycles. The predicted octanol–water partition coefficient (Wildman–Crippen LogP) is 2.93. The monoisotopic (exact) mass is 399 g/mol. The summed E-state index contributed by atoms with van der Waals surface area (Å²) in [4.78, 5) is 28.5. The summed E-state index contributed by atoms with van der Waals surface area (Å²) in [7, 11) is 0. The van der Waals surface area contributed by atoms with E-state index in [0.717, 1.165) is 49.2 Å². The van der Waals surface area contributed by atoms with Gasteiger partial charge in [-0.3, -0.25) is 4.79 Å². The Kier molecular flexibility index (Phi) is 5.67. The van der Waals surface area contributed by atoms with Crippen molar-refractivity contribution >= 4 is 29.3 Å². The van der Waals surface area contributed by atoms with Crippen LogP contribution in [0.1, 0.15) is 24.1 Å². The van der Waals surface area contributed by atoms with Crippen LogP contribution in [0.15, 0.2) is 30.3 Å². The van der Waals surface area contributed by atoms with Crippen LogP contribution in [-0.2, 0) is 11.2 Å². The van der Waals surface area contributed by atoms with E-state index in [-0.39, 0.29) is 5.91 Å². The molecule has 3 heterocycles. The molecule has 7 heteroatoms. The molecule has 0 radical (unpaired) electrons. The molecule has 1 aromatic carbocycles. The zero-order valence-corrected chi connectivity index (χ0v) is 17.0. The van der Waals surface area contributed by atoms with Crippen LogP contribution in [0.3, 0.4) is 0 Å². The normalized spacial score (nSPS) is 17.3. The van der Waals surface area contributed by atoms with Gasteiger partial charge < -0.3 is 14.7 Å². The van der Waals surface area contributed by atoms with Crippen LogP contribution in [0.5, 0.6) is 0 Å². The van der Waals surface area contributed by atoms with E-state index in [9.17, 15) is 4.79 Å². The van der Waals surface area contributed by atoms with E-state index in [1.807, 2.05) is 36.1 Å². The van der Waals surface area contributed by atoms with Gasteiger partial charge in [-0.15, -0.1) is 0 Å². The molecule has 0 saturated carbocycles. The molecule has 4 rings (SSSR count). The fourth-order valence-corrected chi connectivity index (χ4v) is 4.06. The number of benzene rings is 1. The van der Waals surface area contributed by atoms with Gasteiger partial charge >= 0.3 is 0 Å². The molecule has 28 heavy (non-hydrogen) atoms. The first-order valence-corrected chi connectivity index (χ1v) is 10.3. The molecule has 2 aliphatic heterocycles. The molecule has 2 aliphatic rings. The molecule has 6 nitrogen and oxygen atoms in total. The molecule has 0 N–H and O–H groups in total. The Morgan fingerprint density at radius 3 is 2.43 bits per heavy atom. The number of aryl methyl sites for hydroxylation is 1. The maximum atomic E-state index is 12.7. The molecule has 0 spiro atoms. The van der Waals surface area contributed by atoms with E-state index in [1.54, 1.807) is 0 Å². The second-order valence-electron chi connectivity index (χ2n) is 7.50. The molecule has 0 bridgehead atoms. The van der Waals surface area contributed by atoms with Gasteiger partial charge in [-0.1, -0.05) is 29.8 Å². The maximum absolute atomic E-state index is 12.7. The Balaban J connectivity index is 1.39. The largest absolute Gasteiger partial charge is 0.356 e. The zero-order valence-electron chi connectivity index (χ0n) is 16.3. The van der Waals surface area contributed by atoms with E-state index >= 15 is 0 Å². The third kappa shape index (κ3) is 4.22. The lowest BCUT2D eigenvalue weighted by molar-refractivity contribution is -0.130. The second kappa shape index (κ2) is 8.35. The minimum atomic E-state index is 0.121. The first kappa shape index (κ1) is 19.0. The van der Waals surface area contributed by atoms with Crippen LogP contribution in [0.2, 0.25) is 5.02 Å². The highest BCUT2D eigenvalue weighted by Crippen LogP contribution is 2.22. The van der Waals surface area contributed by atoms with Crippen LogP contribution >= 0.6 is 11.6 Å². The summed E-state index contributed by atoms with van der Waals surface area (Å²) in [6, 6.07) is 9.61. The number of halogens is 1. The summed E-state index contributed by atoms with van der Waals surface area (Å²) in [6.07, 6.45) is 2.80. The second-order valence-corrected chi connectivity index (χ2v) is 7.90. The lowest BCUT2D eigenvalue weighted by Crippen LogP contribution is -2.49. The van der Waals surface area contributed by atoms with E-state index < -0.39 is 0 Å². The summed E-state index contributed by atoms with van der Waals surface area (Å²) in [5, 5.41) is 0.650. The van der Waals surface area contributed by atoms with Crippen molar-refractivity contribution in [3.05, 3.63) is 46.6 Å². The summed E-state index contributed by atoms with van der Waals surface area (Å²) < 4.78 is 0. The van der Waals surface area contributed by atoms with Gasteiger partial charge in [-0.25, -0.2) is 4.98 Å². The molecular weight excluding hydrogens is 374 g/mol. The van der Waals surface area contributed by atoms with Gasteiger partial charge in [0.1, 0.15) is 5.82 Å². The first-order chi connectivity index (χ1) is 13.6. The quantitative estimate of drug-likeness (QED) is 0.791.